The van der Waals surface area contributed by atoms with E-state index in [9.17, 15) is 9.59 Å². The van der Waals surface area contributed by atoms with Crippen molar-refractivity contribution in [1.82, 2.24) is 15.6 Å². The van der Waals surface area contributed by atoms with Crippen molar-refractivity contribution in [2.45, 2.75) is 19.9 Å². The summed E-state index contributed by atoms with van der Waals surface area (Å²) in [6.07, 6.45) is 3.11. The molecule has 0 aliphatic carbocycles. The second kappa shape index (κ2) is 11.5. The Morgan fingerprint density at radius 2 is 1.73 bits per heavy atom. The molecule has 1 aromatic carbocycles. The van der Waals surface area contributed by atoms with E-state index in [1.54, 1.807) is 36.7 Å². The number of likely N-dealkylation sites (N-methyl/N-ethyl adjacent to an activating group) is 1. The Kier molecular flexibility index (Phi) is 10.5. The van der Waals surface area contributed by atoms with Crippen LogP contribution < -0.4 is 16.0 Å². The molecule has 0 fully saturated rings. The van der Waals surface area contributed by atoms with E-state index in [2.05, 4.69) is 20.9 Å². The predicted octanol–water partition coefficient (Wildman–Crippen LogP) is 2.82. The van der Waals surface area contributed by atoms with Crippen molar-refractivity contribution in [2.24, 2.45) is 0 Å². The molecule has 2 aromatic rings. The topological polar surface area (TPSA) is 83.1 Å². The molecule has 0 aliphatic rings. The summed E-state index contributed by atoms with van der Waals surface area (Å²) < 4.78 is 0. The summed E-state index contributed by atoms with van der Waals surface area (Å²) in [5, 5.41) is 8.76. The first-order chi connectivity index (χ1) is 11.5. The molecule has 1 unspecified atom stereocenters. The van der Waals surface area contributed by atoms with Crippen molar-refractivity contribution in [3.8, 4) is 0 Å². The summed E-state index contributed by atoms with van der Waals surface area (Å²) in [6, 6.07) is 8.77. The van der Waals surface area contributed by atoms with Crippen molar-refractivity contribution in [2.75, 3.05) is 18.9 Å². The lowest BCUT2D eigenvalue weighted by Gasteiger charge is -2.16. The van der Waals surface area contributed by atoms with Gasteiger partial charge in [-0.15, -0.1) is 24.8 Å². The molecule has 8 heteroatoms. The second-order valence-corrected chi connectivity index (χ2v) is 5.59. The number of anilines is 1. The minimum absolute atomic E-state index is 0. The SMILES string of the molecule is CNC(C)CNC(=O)c1cccc(C)c1NC(=O)c1ccncc1.Cl.Cl. The Bertz CT molecular complexity index is 726. The monoisotopic (exact) mass is 398 g/mol. The number of nitrogens with zero attached hydrogens (tertiary/aromatic N) is 1. The van der Waals surface area contributed by atoms with Crippen molar-refractivity contribution in [3.05, 3.63) is 59.4 Å². The molecule has 0 radical (unpaired) electrons. The van der Waals surface area contributed by atoms with Gasteiger partial charge in [-0.3, -0.25) is 14.6 Å². The van der Waals surface area contributed by atoms with Gasteiger partial charge in [-0.1, -0.05) is 12.1 Å². The van der Waals surface area contributed by atoms with Crippen LogP contribution in [-0.2, 0) is 0 Å². The van der Waals surface area contributed by atoms with Gasteiger partial charge in [-0.05, 0) is 44.7 Å². The van der Waals surface area contributed by atoms with Gasteiger partial charge >= 0.3 is 0 Å². The first kappa shape index (κ1) is 23.9. The van der Waals surface area contributed by atoms with Crippen molar-refractivity contribution < 1.29 is 9.59 Å². The van der Waals surface area contributed by atoms with E-state index >= 15 is 0 Å². The third-order valence-electron chi connectivity index (χ3n) is 3.76. The van der Waals surface area contributed by atoms with Crippen LogP contribution in [0.3, 0.4) is 0 Å². The minimum atomic E-state index is -0.274. The summed E-state index contributed by atoms with van der Waals surface area (Å²) in [5.74, 6) is -0.491. The number of hydrogen-bond acceptors (Lipinski definition) is 4. The molecular formula is C18H24Cl2N4O2. The van der Waals surface area contributed by atoms with Gasteiger partial charge in [-0.25, -0.2) is 0 Å². The summed E-state index contributed by atoms with van der Waals surface area (Å²) in [6.45, 7) is 4.33. The molecule has 0 aliphatic heterocycles. The molecule has 0 saturated carbocycles. The van der Waals surface area contributed by atoms with E-state index < -0.39 is 0 Å². The van der Waals surface area contributed by atoms with Gasteiger partial charge in [0, 0.05) is 30.5 Å². The van der Waals surface area contributed by atoms with Gasteiger partial charge in [0.1, 0.15) is 0 Å². The standard InChI is InChI=1S/C18H22N4O2.2ClH/c1-12-5-4-6-15(18(24)21-11-13(2)19-3)16(12)22-17(23)14-7-9-20-10-8-14;;/h4-10,13,19H,11H2,1-3H3,(H,21,24)(H,22,23);2*1H. The van der Waals surface area contributed by atoms with Gasteiger partial charge in [0.2, 0.25) is 0 Å². The molecule has 26 heavy (non-hydrogen) atoms. The number of rotatable bonds is 6. The molecule has 1 atom stereocenters. The Labute approximate surface area is 166 Å². The first-order valence-electron chi connectivity index (χ1n) is 7.79. The second-order valence-electron chi connectivity index (χ2n) is 5.59. The number of aromatic nitrogens is 1. The van der Waals surface area contributed by atoms with E-state index in [0.29, 0.717) is 23.4 Å². The zero-order chi connectivity index (χ0) is 17.5. The molecule has 2 rings (SSSR count). The van der Waals surface area contributed by atoms with Crippen LogP contribution in [0, 0.1) is 6.92 Å². The van der Waals surface area contributed by atoms with E-state index in [1.165, 1.54) is 0 Å². The first-order valence-corrected chi connectivity index (χ1v) is 7.79. The van der Waals surface area contributed by atoms with Crippen LogP contribution in [-0.4, -0.2) is 36.4 Å². The van der Waals surface area contributed by atoms with Gasteiger partial charge < -0.3 is 16.0 Å². The van der Waals surface area contributed by atoms with Gasteiger partial charge in [0.25, 0.3) is 11.8 Å². The van der Waals surface area contributed by atoms with Gasteiger partial charge in [0.15, 0.2) is 0 Å². The molecule has 0 bridgehead atoms. The van der Waals surface area contributed by atoms with Gasteiger partial charge in [-0.2, -0.15) is 0 Å². The lowest BCUT2D eigenvalue weighted by molar-refractivity contribution is 0.0951. The maximum Gasteiger partial charge on any atom is 0.255 e. The Morgan fingerprint density at radius 1 is 1.08 bits per heavy atom. The van der Waals surface area contributed by atoms with Crippen LogP contribution in [0.25, 0.3) is 0 Å². The summed E-state index contributed by atoms with van der Waals surface area (Å²) >= 11 is 0. The van der Waals surface area contributed by atoms with Crippen LogP contribution in [0.2, 0.25) is 0 Å². The molecule has 1 aromatic heterocycles. The third-order valence-corrected chi connectivity index (χ3v) is 3.76. The number of carbonyl (C=O) groups excluding carboxylic acids is 2. The lowest BCUT2D eigenvalue weighted by Crippen LogP contribution is -2.37. The molecule has 142 valence electrons. The van der Waals surface area contributed by atoms with E-state index in [1.807, 2.05) is 27.0 Å². The molecule has 3 N–H and O–H groups in total. The maximum atomic E-state index is 12.5. The predicted molar refractivity (Wildman–Crippen MR) is 109 cm³/mol. The number of benzene rings is 1. The fourth-order valence-corrected chi connectivity index (χ4v) is 2.15. The Balaban J connectivity index is 0.00000312. The van der Waals surface area contributed by atoms with E-state index in [4.69, 9.17) is 0 Å². The molecule has 2 amide bonds. The Morgan fingerprint density at radius 3 is 2.35 bits per heavy atom. The summed E-state index contributed by atoms with van der Waals surface area (Å²) in [4.78, 5) is 28.7. The van der Waals surface area contributed by atoms with Crippen molar-refractivity contribution >= 4 is 42.3 Å². The number of amides is 2. The largest absolute Gasteiger partial charge is 0.350 e. The average molecular weight is 399 g/mol. The maximum absolute atomic E-state index is 12.5. The number of hydrogen-bond donors (Lipinski definition) is 3. The minimum Gasteiger partial charge on any atom is -0.350 e. The number of carbonyl (C=O) groups is 2. The van der Waals surface area contributed by atoms with E-state index in [0.717, 1.165) is 5.56 Å². The molecule has 0 saturated heterocycles. The van der Waals surface area contributed by atoms with Crippen LogP contribution in [0.4, 0.5) is 5.69 Å². The highest BCUT2D eigenvalue weighted by molar-refractivity contribution is 6.09. The highest BCUT2D eigenvalue weighted by Gasteiger charge is 2.16. The average Bonchev–Trinajstić information content (AvgIpc) is 2.61. The van der Waals surface area contributed by atoms with Crippen LogP contribution in [0.1, 0.15) is 33.2 Å². The normalized spacial score (nSPS) is 10.7. The zero-order valence-corrected chi connectivity index (χ0v) is 16.5. The van der Waals surface area contributed by atoms with E-state index in [-0.39, 0.29) is 42.7 Å². The fraction of sp³-hybridized carbons (Fsp3) is 0.278. The Hall–Kier alpha value is -2.15. The van der Waals surface area contributed by atoms with Crippen LogP contribution in [0.5, 0.6) is 0 Å². The summed E-state index contributed by atoms with van der Waals surface area (Å²) in [5.41, 5.74) is 2.28. The van der Waals surface area contributed by atoms with Crippen molar-refractivity contribution in [1.29, 1.82) is 0 Å². The number of aryl methyl sites for hydroxylation is 1. The van der Waals surface area contributed by atoms with Crippen LogP contribution in [0.15, 0.2) is 42.7 Å². The molecular weight excluding hydrogens is 375 g/mol. The third kappa shape index (κ3) is 6.29. The number of pyridine rings is 1. The number of nitrogens with one attached hydrogen (secondary N) is 3. The molecule has 1 heterocycles. The van der Waals surface area contributed by atoms with Gasteiger partial charge in [0.05, 0.1) is 11.3 Å². The lowest BCUT2D eigenvalue weighted by atomic mass is 10.1. The quantitative estimate of drug-likeness (QED) is 0.698. The molecule has 6 nitrogen and oxygen atoms in total. The highest BCUT2D eigenvalue weighted by atomic mass is 35.5. The summed E-state index contributed by atoms with van der Waals surface area (Å²) in [7, 11) is 1.84. The highest BCUT2D eigenvalue weighted by Crippen LogP contribution is 2.21. The number of halogens is 2. The smallest absolute Gasteiger partial charge is 0.255 e. The fourth-order valence-electron chi connectivity index (χ4n) is 2.15. The van der Waals surface area contributed by atoms with Crippen LogP contribution >= 0.6 is 24.8 Å². The molecule has 0 spiro atoms. The number of para-hydroxylation sites is 1. The zero-order valence-electron chi connectivity index (χ0n) is 14.9. The van der Waals surface area contributed by atoms with Crippen molar-refractivity contribution in [3.63, 3.8) is 0 Å².